The monoisotopic (exact) mass is 307 g/mol. The summed E-state index contributed by atoms with van der Waals surface area (Å²) in [6.07, 6.45) is 1.59. The zero-order valence-electron chi connectivity index (χ0n) is 12.5. The zero-order chi connectivity index (χ0) is 16.2. The number of fused-ring (bicyclic) bond motifs is 1. The molecule has 0 saturated carbocycles. The maximum Gasteiger partial charge on any atom is 0.255 e. The SMILES string of the molecule is NCC(C(=O)Nc1ccc2c(=O)[nH]ccc2c1)c1ccccc1. The first kappa shape index (κ1) is 15.0. The lowest BCUT2D eigenvalue weighted by atomic mass is 9.98. The van der Waals surface area contributed by atoms with E-state index in [1.165, 1.54) is 0 Å². The van der Waals surface area contributed by atoms with E-state index >= 15 is 0 Å². The molecule has 1 aromatic heterocycles. The third-order valence-electron chi connectivity index (χ3n) is 3.80. The number of H-pyrrole nitrogens is 1. The fourth-order valence-electron chi connectivity index (χ4n) is 2.58. The Morgan fingerprint density at radius 1 is 1.13 bits per heavy atom. The van der Waals surface area contributed by atoms with Crippen molar-refractivity contribution in [1.29, 1.82) is 0 Å². The van der Waals surface area contributed by atoms with Crippen molar-refractivity contribution in [2.45, 2.75) is 5.92 Å². The largest absolute Gasteiger partial charge is 0.329 e. The normalized spacial score (nSPS) is 12.0. The maximum atomic E-state index is 12.5. The Kier molecular flexibility index (Phi) is 4.21. The Morgan fingerprint density at radius 3 is 2.65 bits per heavy atom. The van der Waals surface area contributed by atoms with Crippen LogP contribution in [0.25, 0.3) is 10.8 Å². The minimum absolute atomic E-state index is 0.149. The average molecular weight is 307 g/mol. The van der Waals surface area contributed by atoms with Gasteiger partial charge < -0.3 is 16.0 Å². The number of carbonyl (C=O) groups excluding carboxylic acids is 1. The van der Waals surface area contributed by atoms with Gasteiger partial charge in [0, 0.05) is 23.8 Å². The second-order valence-electron chi connectivity index (χ2n) is 5.30. The highest BCUT2D eigenvalue weighted by Gasteiger charge is 2.18. The number of benzene rings is 2. The van der Waals surface area contributed by atoms with Crippen molar-refractivity contribution >= 4 is 22.4 Å². The van der Waals surface area contributed by atoms with Crippen LogP contribution in [0, 0.1) is 0 Å². The molecule has 0 bridgehead atoms. The molecule has 2 aromatic carbocycles. The van der Waals surface area contributed by atoms with E-state index in [0.717, 1.165) is 10.9 Å². The number of nitrogens with one attached hydrogen (secondary N) is 2. The van der Waals surface area contributed by atoms with E-state index in [4.69, 9.17) is 5.73 Å². The van der Waals surface area contributed by atoms with Gasteiger partial charge in [-0.15, -0.1) is 0 Å². The molecule has 0 aliphatic carbocycles. The third kappa shape index (κ3) is 3.14. The number of aromatic amines is 1. The molecule has 5 heteroatoms. The molecule has 5 nitrogen and oxygen atoms in total. The summed E-state index contributed by atoms with van der Waals surface area (Å²) in [4.78, 5) is 26.8. The number of pyridine rings is 1. The number of nitrogens with two attached hydrogens (primary N) is 1. The quantitative estimate of drug-likeness (QED) is 0.690. The van der Waals surface area contributed by atoms with Gasteiger partial charge in [-0.05, 0) is 35.2 Å². The van der Waals surface area contributed by atoms with Gasteiger partial charge in [0.2, 0.25) is 5.91 Å². The second kappa shape index (κ2) is 6.46. The van der Waals surface area contributed by atoms with Crippen molar-refractivity contribution < 1.29 is 4.79 Å². The van der Waals surface area contributed by atoms with Gasteiger partial charge in [0.1, 0.15) is 0 Å². The van der Waals surface area contributed by atoms with Crippen LogP contribution in [0.5, 0.6) is 0 Å². The Balaban J connectivity index is 1.86. The second-order valence-corrected chi connectivity index (χ2v) is 5.30. The Morgan fingerprint density at radius 2 is 1.91 bits per heavy atom. The Labute approximate surface area is 133 Å². The fraction of sp³-hybridized carbons (Fsp3) is 0.111. The molecule has 1 heterocycles. The Bertz CT molecular complexity index is 887. The van der Waals surface area contributed by atoms with Gasteiger partial charge in [0.05, 0.1) is 5.92 Å². The van der Waals surface area contributed by atoms with Crippen LogP contribution < -0.4 is 16.6 Å². The summed E-state index contributed by atoms with van der Waals surface area (Å²) in [5.41, 5.74) is 7.14. The molecule has 1 unspecified atom stereocenters. The van der Waals surface area contributed by atoms with Gasteiger partial charge in [-0.2, -0.15) is 0 Å². The van der Waals surface area contributed by atoms with Gasteiger partial charge in [0.25, 0.3) is 5.56 Å². The highest BCUT2D eigenvalue weighted by molar-refractivity contribution is 5.98. The van der Waals surface area contributed by atoms with Gasteiger partial charge in [-0.3, -0.25) is 9.59 Å². The topological polar surface area (TPSA) is 88.0 Å². The van der Waals surface area contributed by atoms with Crippen LogP contribution in [0.15, 0.2) is 65.6 Å². The van der Waals surface area contributed by atoms with Crippen LogP contribution in [0.4, 0.5) is 5.69 Å². The lowest BCUT2D eigenvalue weighted by molar-refractivity contribution is -0.117. The van der Waals surface area contributed by atoms with Gasteiger partial charge in [0.15, 0.2) is 0 Å². The maximum absolute atomic E-state index is 12.5. The van der Waals surface area contributed by atoms with Crippen molar-refractivity contribution in [3.8, 4) is 0 Å². The molecule has 3 aromatic rings. The molecule has 0 radical (unpaired) electrons. The molecule has 1 atom stereocenters. The summed E-state index contributed by atoms with van der Waals surface area (Å²) in [5, 5.41) is 4.23. The number of rotatable bonds is 4. The van der Waals surface area contributed by atoms with Crippen LogP contribution in [0.2, 0.25) is 0 Å². The summed E-state index contributed by atoms with van der Waals surface area (Å²) in [7, 11) is 0. The van der Waals surface area contributed by atoms with Crippen molar-refractivity contribution in [3.05, 3.63) is 76.7 Å². The summed E-state index contributed by atoms with van der Waals surface area (Å²) in [5.74, 6) is -0.575. The van der Waals surface area contributed by atoms with E-state index in [1.807, 2.05) is 30.3 Å². The predicted octanol–water partition coefficient (Wildman–Crippen LogP) is 2.21. The van der Waals surface area contributed by atoms with Crippen LogP contribution in [-0.4, -0.2) is 17.4 Å². The van der Waals surface area contributed by atoms with E-state index in [1.54, 1.807) is 30.5 Å². The molecule has 0 spiro atoms. The molecule has 3 rings (SSSR count). The number of aromatic nitrogens is 1. The molecule has 0 aliphatic rings. The third-order valence-corrected chi connectivity index (χ3v) is 3.80. The van der Waals surface area contributed by atoms with Gasteiger partial charge >= 0.3 is 0 Å². The van der Waals surface area contributed by atoms with Crippen LogP contribution in [0.1, 0.15) is 11.5 Å². The lowest BCUT2D eigenvalue weighted by Gasteiger charge is -2.15. The molecular formula is C18H17N3O2. The molecular weight excluding hydrogens is 290 g/mol. The number of hydrogen-bond donors (Lipinski definition) is 3. The van der Waals surface area contributed by atoms with Crippen LogP contribution in [-0.2, 0) is 4.79 Å². The molecule has 0 saturated heterocycles. The molecule has 1 amide bonds. The van der Waals surface area contributed by atoms with Crippen molar-refractivity contribution in [1.82, 2.24) is 4.98 Å². The number of anilines is 1. The summed E-state index contributed by atoms with van der Waals surface area (Å²) in [6.45, 7) is 0.225. The first-order valence-corrected chi connectivity index (χ1v) is 7.36. The van der Waals surface area contributed by atoms with E-state index in [2.05, 4.69) is 10.3 Å². The smallest absolute Gasteiger partial charge is 0.255 e. The van der Waals surface area contributed by atoms with Crippen molar-refractivity contribution in [2.24, 2.45) is 5.73 Å². The molecule has 0 fully saturated rings. The molecule has 4 N–H and O–H groups in total. The van der Waals surface area contributed by atoms with E-state index < -0.39 is 5.92 Å². The van der Waals surface area contributed by atoms with Gasteiger partial charge in [-0.25, -0.2) is 0 Å². The first-order chi connectivity index (χ1) is 11.2. The molecule has 0 aliphatic heterocycles. The number of carbonyl (C=O) groups is 1. The summed E-state index contributed by atoms with van der Waals surface area (Å²) < 4.78 is 0. The highest BCUT2D eigenvalue weighted by atomic mass is 16.2. The highest BCUT2D eigenvalue weighted by Crippen LogP contribution is 2.20. The lowest BCUT2D eigenvalue weighted by Crippen LogP contribution is -2.27. The van der Waals surface area contributed by atoms with Crippen molar-refractivity contribution in [2.75, 3.05) is 11.9 Å². The molecule has 116 valence electrons. The number of amides is 1. The Hall–Kier alpha value is -2.92. The predicted molar refractivity (Wildman–Crippen MR) is 91.4 cm³/mol. The van der Waals surface area contributed by atoms with E-state index in [9.17, 15) is 9.59 Å². The minimum atomic E-state index is -0.411. The molecule has 23 heavy (non-hydrogen) atoms. The van der Waals surface area contributed by atoms with Crippen molar-refractivity contribution in [3.63, 3.8) is 0 Å². The summed E-state index contributed by atoms with van der Waals surface area (Å²) in [6, 6.07) is 16.4. The minimum Gasteiger partial charge on any atom is -0.329 e. The van der Waals surface area contributed by atoms with Gasteiger partial charge in [-0.1, -0.05) is 30.3 Å². The zero-order valence-corrected chi connectivity index (χ0v) is 12.5. The van der Waals surface area contributed by atoms with Crippen LogP contribution >= 0.6 is 0 Å². The van der Waals surface area contributed by atoms with E-state index in [0.29, 0.717) is 11.1 Å². The van der Waals surface area contributed by atoms with Crippen LogP contribution in [0.3, 0.4) is 0 Å². The fourth-order valence-corrected chi connectivity index (χ4v) is 2.58. The van der Waals surface area contributed by atoms with E-state index in [-0.39, 0.29) is 18.0 Å². The first-order valence-electron chi connectivity index (χ1n) is 7.36. The standard InChI is InChI=1S/C18H17N3O2/c19-11-16(12-4-2-1-3-5-12)18(23)21-14-6-7-15-13(10-14)8-9-20-17(15)22/h1-10,16H,11,19H2,(H,20,22)(H,21,23). The average Bonchev–Trinajstić information content (AvgIpc) is 2.56. The number of hydrogen-bond acceptors (Lipinski definition) is 3. The summed E-state index contributed by atoms with van der Waals surface area (Å²) >= 11 is 0.